The summed E-state index contributed by atoms with van der Waals surface area (Å²) >= 11 is 9.44. The summed E-state index contributed by atoms with van der Waals surface area (Å²) in [6.45, 7) is 0.952. The Morgan fingerprint density at radius 3 is 2.70 bits per heavy atom. The minimum Gasteiger partial charge on any atom is -0.368 e. The third-order valence-electron chi connectivity index (χ3n) is 3.50. The van der Waals surface area contributed by atoms with Crippen LogP contribution < -0.4 is 10.6 Å². The molecule has 1 aromatic heterocycles. The van der Waals surface area contributed by atoms with E-state index in [4.69, 9.17) is 17.3 Å². The normalized spacial score (nSPS) is 18.5. The third kappa shape index (κ3) is 2.74. The first kappa shape index (κ1) is 13.6. The molecule has 0 aliphatic carbocycles. The lowest BCUT2D eigenvalue weighted by atomic mass is 10.0. The van der Waals surface area contributed by atoms with Gasteiger partial charge in [-0.1, -0.05) is 39.7 Å². The van der Waals surface area contributed by atoms with Crippen LogP contribution in [0.3, 0.4) is 0 Å². The number of nitrogens with zero attached hydrogens (tertiary/aromatic N) is 3. The van der Waals surface area contributed by atoms with Crippen molar-refractivity contribution < 1.29 is 0 Å². The van der Waals surface area contributed by atoms with Crippen LogP contribution >= 0.6 is 27.5 Å². The molecule has 1 saturated heterocycles. The number of hydrogen-bond acceptors (Lipinski definition) is 4. The van der Waals surface area contributed by atoms with Crippen molar-refractivity contribution in [1.82, 2.24) is 9.97 Å². The zero-order valence-corrected chi connectivity index (χ0v) is 13.1. The first-order chi connectivity index (χ1) is 9.63. The Balaban J connectivity index is 1.94. The van der Waals surface area contributed by atoms with Gasteiger partial charge in [-0.05, 0) is 30.5 Å². The highest BCUT2D eigenvalue weighted by Crippen LogP contribution is 2.36. The van der Waals surface area contributed by atoms with Crippen molar-refractivity contribution in [3.63, 3.8) is 0 Å². The topological polar surface area (TPSA) is 55.0 Å². The Morgan fingerprint density at radius 1 is 1.25 bits per heavy atom. The summed E-state index contributed by atoms with van der Waals surface area (Å²) < 4.78 is 1.08. The molecule has 1 aliphatic rings. The van der Waals surface area contributed by atoms with Gasteiger partial charge in [0.05, 0.1) is 6.04 Å². The molecule has 2 heterocycles. The highest BCUT2D eigenvalue weighted by Gasteiger charge is 2.27. The van der Waals surface area contributed by atoms with Gasteiger partial charge in [0.25, 0.3) is 0 Å². The van der Waals surface area contributed by atoms with E-state index >= 15 is 0 Å². The summed E-state index contributed by atoms with van der Waals surface area (Å²) in [6, 6.07) is 10.5. The van der Waals surface area contributed by atoms with Crippen molar-refractivity contribution in [3.05, 3.63) is 45.5 Å². The molecule has 1 atom stereocenters. The van der Waals surface area contributed by atoms with Gasteiger partial charge >= 0.3 is 0 Å². The number of nitrogens with two attached hydrogens (primary N) is 1. The summed E-state index contributed by atoms with van der Waals surface area (Å²) in [4.78, 5) is 10.5. The molecule has 0 radical (unpaired) electrons. The Labute approximate surface area is 131 Å². The SMILES string of the molecule is Nc1nc(Cl)cc(N2CCC[C@@H]2c2ccc(Br)cc2)n1. The molecule has 0 bridgehead atoms. The molecule has 2 aromatic rings. The molecular weight excluding hydrogens is 340 g/mol. The Bertz CT molecular complexity index is 597. The van der Waals surface area contributed by atoms with Gasteiger partial charge in [-0.15, -0.1) is 0 Å². The third-order valence-corrected chi connectivity index (χ3v) is 4.22. The van der Waals surface area contributed by atoms with Gasteiger partial charge < -0.3 is 10.6 Å². The summed E-state index contributed by atoms with van der Waals surface area (Å²) in [5, 5.41) is 0.383. The van der Waals surface area contributed by atoms with E-state index in [9.17, 15) is 0 Å². The van der Waals surface area contributed by atoms with Gasteiger partial charge in [0.1, 0.15) is 11.0 Å². The van der Waals surface area contributed by atoms with Crippen LogP contribution in [0.15, 0.2) is 34.8 Å². The highest BCUT2D eigenvalue weighted by molar-refractivity contribution is 9.10. The molecule has 1 fully saturated rings. The largest absolute Gasteiger partial charge is 0.368 e. The van der Waals surface area contributed by atoms with Gasteiger partial charge in [-0.2, -0.15) is 4.98 Å². The van der Waals surface area contributed by atoms with E-state index in [1.54, 1.807) is 6.07 Å². The van der Waals surface area contributed by atoms with Gasteiger partial charge in [0.2, 0.25) is 5.95 Å². The van der Waals surface area contributed by atoms with Gasteiger partial charge in [0.15, 0.2) is 0 Å². The van der Waals surface area contributed by atoms with E-state index in [1.807, 2.05) is 0 Å². The van der Waals surface area contributed by atoms with E-state index in [1.165, 1.54) is 5.56 Å². The molecule has 6 heteroatoms. The summed E-state index contributed by atoms with van der Waals surface area (Å²) in [7, 11) is 0. The molecule has 0 unspecified atom stereocenters. The fourth-order valence-corrected chi connectivity index (χ4v) is 3.09. The number of nitrogen functional groups attached to an aromatic ring is 1. The van der Waals surface area contributed by atoms with Gasteiger partial charge in [-0.25, -0.2) is 4.98 Å². The average Bonchev–Trinajstić information content (AvgIpc) is 2.87. The van der Waals surface area contributed by atoms with Gasteiger partial charge in [0, 0.05) is 17.1 Å². The van der Waals surface area contributed by atoms with Crippen LogP contribution in [0.5, 0.6) is 0 Å². The summed E-state index contributed by atoms with van der Waals surface area (Å²) in [6.07, 6.45) is 2.23. The number of aromatic nitrogens is 2. The van der Waals surface area contributed by atoms with Crippen LogP contribution in [-0.2, 0) is 0 Å². The van der Waals surface area contributed by atoms with Gasteiger partial charge in [-0.3, -0.25) is 0 Å². The van der Waals surface area contributed by atoms with E-state index < -0.39 is 0 Å². The molecule has 2 N–H and O–H groups in total. The van der Waals surface area contributed by atoms with Crippen LogP contribution in [0.4, 0.5) is 11.8 Å². The lowest BCUT2D eigenvalue weighted by Crippen LogP contribution is -2.24. The standard InChI is InChI=1S/C14H14BrClN4/c15-10-5-3-9(4-6-10)11-2-1-7-20(11)13-8-12(16)18-14(17)19-13/h3-6,8,11H,1-2,7H2,(H2,17,18,19)/t11-/m1/s1. The van der Waals surface area contributed by atoms with Crippen molar-refractivity contribution in [2.75, 3.05) is 17.2 Å². The molecular formula is C14H14BrClN4. The second-order valence-electron chi connectivity index (χ2n) is 4.81. The molecule has 4 nitrogen and oxygen atoms in total. The lowest BCUT2D eigenvalue weighted by molar-refractivity contribution is 0.711. The van der Waals surface area contributed by atoms with E-state index in [0.717, 1.165) is 29.7 Å². The molecule has 104 valence electrons. The maximum atomic E-state index is 5.98. The minimum atomic E-state index is 0.217. The Morgan fingerprint density at radius 2 is 2.00 bits per heavy atom. The lowest BCUT2D eigenvalue weighted by Gasteiger charge is -2.26. The fraction of sp³-hybridized carbons (Fsp3) is 0.286. The molecule has 0 amide bonds. The zero-order valence-electron chi connectivity index (χ0n) is 10.8. The fourth-order valence-electron chi connectivity index (χ4n) is 2.64. The summed E-state index contributed by atoms with van der Waals surface area (Å²) in [5.74, 6) is 1.02. The van der Waals surface area contributed by atoms with Crippen molar-refractivity contribution in [1.29, 1.82) is 0 Å². The minimum absolute atomic E-state index is 0.217. The van der Waals surface area contributed by atoms with Crippen molar-refractivity contribution in [2.45, 2.75) is 18.9 Å². The quantitative estimate of drug-likeness (QED) is 0.834. The Hall–Kier alpha value is -1.33. The maximum Gasteiger partial charge on any atom is 0.223 e. The highest BCUT2D eigenvalue weighted by atomic mass is 79.9. The van der Waals surface area contributed by atoms with Crippen LogP contribution in [0.25, 0.3) is 0 Å². The molecule has 1 aromatic carbocycles. The molecule has 0 spiro atoms. The smallest absolute Gasteiger partial charge is 0.223 e. The molecule has 20 heavy (non-hydrogen) atoms. The van der Waals surface area contributed by atoms with Crippen molar-refractivity contribution >= 4 is 39.3 Å². The average molecular weight is 354 g/mol. The zero-order chi connectivity index (χ0) is 14.1. The number of halogens is 2. The summed E-state index contributed by atoms with van der Waals surface area (Å²) in [5.41, 5.74) is 6.97. The predicted molar refractivity (Wildman–Crippen MR) is 84.9 cm³/mol. The number of hydrogen-bond donors (Lipinski definition) is 1. The maximum absolute atomic E-state index is 5.98. The van der Waals surface area contributed by atoms with Crippen LogP contribution in [0.2, 0.25) is 5.15 Å². The number of anilines is 2. The van der Waals surface area contributed by atoms with Crippen molar-refractivity contribution in [3.8, 4) is 0 Å². The van der Waals surface area contributed by atoms with Crippen LogP contribution in [0, 0.1) is 0 Å². The van der Waals surface area contributed by atoms with E-state index in [2.05, 4.69) is 55.1 Å². The number of benzene rings is 1. The first-order valence-electron chi connectivity index (χ1n) is 6.45. The second kappa shape index (κ2) is 5.58. The van der Waals surface area contributed by atoms with Crippen LogP contribution in [-0.4, -0.2) is 16.5 Å². The molecule has 1 aliphatic heterocycles. The first-order valence-corrected chi connectivity index (χ1v) is 7.63. The molecule has 3 rings (SSSR count). The van der Waals surface area contributed by atoms with E-state index in [0.29, 0.717) is 11.2 Å². The second-order valence-corrected chi connectivity index (χ2v) is 6.11. The molecule has 0 saturated carbocycles. The monoisotopic (exact) mass is 352 g/mol. The predicted octanol–water partition coefficient (Wildman–Crippen LogP) is 3.82. The van der Waals surface area contributed by atoms with E-state index in [-0.39, 0.29) is 5.95 Å². The van der Waals surface area contributed by atoms with Crippen molar-refractivity contribution in [2.24, 2.45) is 0 Å². The Kier molecular flexibility index (Phi) is 3.81. The van der Waals surface area contributed by atoms with Crippen LogP contribution in [0.1, 0.15) is 24.4 Å². The number of rotatable bonds is 2.